The van der Waals surface area contributed by atoms with Gasteiger partial charge in [0, 0.05) is 11.4 Å². The van der Waals surface area contributed by atoms with Crippen LogP contribution in [0.2, 0.25) is 0 Å². The van der Waals surface area contributed by atoms with Gasteiger partial charge in [-0.05, 0) is 37.6 Å². The lowest BCUT2D eigenvalue weighted by Crippen LogP contribution is -2.05. The molecule has 1 aromatic heterocycles. The summed E-state index contributed by atoms with van der Waals surface area (Å²) < 4.78 is 1.89. The summed E-state index contributed by atoms with van der Waals surface area (Å²) in [6.07, 6.45) is 0. The Bertz CT molecular complexity index is 867. The molecule has 0 amide bonds. The van der Waals surface area contributed by atoms with Crippen LogP contribution in [-0.2, 0) is 6.54 Å². The van der Waals surface area contributed by atoms with Crippen molar-refractivity contribution in [2.75, 3.05) is 5.32 Å². The highest BCUT2D eigenvalue weighted by Crippen LogP contribution is 2.16. The maximum absolute atomic E-state index is 9.08. The summed E-state index contributed by atoms with van der Waals surface area (Å²) in [5.74, 6) is 0. The van der Waals surface area contributed by atoms with Crippen LogP contribution in [0.1, 0.15) is 17.0 Å². The minimum Gasteiger partial charge on any atom is -0.345 e. The predicted molar refractivity (Wildman–Crippen MR) is 84.7 cm³/mol. The average molecular weight is 302 g/mol. The van der Waals surface area contributed by atoms with E-state index in [1.54, 1.807) is 18.2 Å². The molecule has 0 aliphatic heterocycles. The molecule has 0 aliphatic carbocycles. The molecule has 2 rings (SSSR count). The minimum absolute atomic E-state index is 0.0572. The van der Waals surface area contributed by atoms with Crippen molar-refractivity contribution >= 4 is 5.69 Å². The highest BCUT2D eigenvalue weighted by Gasteiger charge is 2.07. The van der Waals surface area contributed by atoms with Crippen LogP contribution in [0.25, 0.3) is 0 Å². The molecule has 112 valence electrons. The van der Waals surface area contributed by atoms with Gasteiger partial charge in [-0.3, -0.25) is 4.68 Å². The van der Waals surface area contributed by atoms with E-state index >= 15 is 0 Å². The van der Waals surface area contributed by atoms with E-state index in [0.29, 0.717) is 12.2 Å². The fraction of sp³-hybridized carbons (Fsp3) is 0.176. The Morgan fingerprint density at radius 2 is 1.87 bits per heavy atom. The van der Waals surface area contributed by atoms with Crippen LogP contribution in [0.3, 0.4) is 0 Å². The van der Waals surface area contributed by atoms with Gasteiger partial charge >= 0.3 is 0 Å². The highest BCUT2D eigenvalue weighted by molar-refractivity contribution is 5.58. The molecule has 2 aromatic rings. The maximum Gasteiger partial charge on any atom is 0.163 e. The van der Waals surface area contributed by atoms with Crippen molar-refractivity contribution in [1.29, 1.82) is 15.8 Å². The number of hydrogen-bond acceptors (Lipinski definition) is 5. The number of hydrogen-bond donors (Lipinski definition) is 1. The van der Waals surface area contributed by atoms with Gasteiger partial charge in [0.25, 0.3) is 0 Å². The largest absolute Gasteiger partial charge is 0.345 e. The zero-order valence-corrected chi connectivity index (χ0v) is 12.8. The number of aromatic nitrogens is 2. The van der Waals surface area contributed by atoms with Gasteiger partial charge in [-0.25, -0.2) is 0 Å². The fourth-order valence-corrected chi connectivity index (χ4v) is 2.18. The summed E-state index contributed by atoms with van der Waals surface area (Å²) in [6, 6.07) is 14.7. The third-order valence-electron chi connectivity index (χ3n) is 3.22. The molecule has 0 saturated heterocycles. The molecule has 23 heavy (non-hydrogen) atoms. The second kappa shape index (κ2) is 6.93. The zero-order valence-electron chi connectivity index (χ0n) is 12.8. The molecule has 0 bridgehead atoms. The smallest absolute Gasteiger partial charge is 0.163 e. The van der Waals surface area contributed by atoms with Gasteiger partial charge in [-0.1, -0.05) is 12.1 Å². The first-order valence-electron chi connectivity index (χ1n) is 6.89. The summed E-state index contributed by atoms with van der Waals surface area (Å²) in [5.41, 5.74) is 3.36. The number of nitrogens with zero attached hydrogens (tertiary/aromatic N) is 5. The molecule has 0 radical (unpaired) electrons. The molecule has 1 N–H and O–H groups in total. The minimum atomic E-state index is -0.239. The summed E-state index contributed by atoms with van der Waals surface area (Å²) >= 11 is 0. The maximum atomic E-state index is 9.08. The molecule has 0 atom stereocenters. The molecule has 0 unspecified atom stereocenters. The van der Waals surface area contributed by atoms with Gasteiger partial charge in [0.15, 0.2) is 5.57 Å². The van der Waals surface area contributed by atoms with E-state index in [2.05, 4.69) is 10.4 Å². The topological polar surface area (TPSA) is 101 Å². The molecule has 6 nitrogen and oxygen atoms in total. The Labute approximate surface area is 134 Å². The highest BCUT2D eigenvalue weighted by atomic mass is 15.3. The van der Waals surface area contributed by atoms with E-state index in [-0.39, 0.29) is 11.3 Å². The Kier molecular flexibility index (Phi) is 4.77. The van der Waals surface area contributed by atoms with E-state index < -0.39 is 0 Å². The molecule has 0 spiro atoms. The Morgan fingerprint density at radius 1 is 1.13 bits per heavy atom. The van der Waals surface area contributed by atoms with Crippen molar-refractivity contribution in [1.82, 2.24) is 9.78 Å². The van der Waals surface area contributed by atoms with Crippen LogP contribution in [0, 0.1) is 47.8 Å². The van der Waals surface area contributed by atoms with E-state index in [9.17, 15) is 0 Å². The second-order valence-electron chi connectivity index (χ2n) is 5.00. The lowest BCUT2D eigenvalue weighted by molar-refractivity contribution is 0.659. The molecule has 0 fully saturated rings. The monoisotopic (exact) mass is 302 g/mol. The molecule has 1 aromatic carbocycles. The van der Waals surface area contributed by atoms with Gasteiger partial charge in [-0.2, -0.15) is 20.9 Å². The van der Waals surface area contributed by atoms with E-state index in [0.717, 1.165) is 17.0 Å². The first-order valence-corrected chi connectivity index (χ1v) is 6.89. The van der Waals surface area contributed by atoms with E-state index in [1.165, 1.54) is 0 Å². The van der Waals surface area contributed by atoms with Crippen LogP contribution in [0.15, 0.2) is 41.6 Å². The number of benzene rings is 1. The van der Waals surface area contributed by atoms with Crippen LogP contribution in [-0.4, -0.2) is 9.78 Å². The second-order valence-corrected chi connectivity index (χ2v) is 5.00. The van der Waals surface area contributed by atoms with Crippen molar-refractivity contribution in [2.45, 2.75) is 20.4 Å². The number of nitrogens with one attached hydrogen (secondary N) is 1. The van der Waals surface area contributed by atoms with Crippen molar-refractivity contribution in [3.05, 3.63) is 58.6 Å². The standard InChI is InChI=1S/C17H14N6/c1-12-6-13(2)23(22-12)11-14-4-3-5-16(7-14)21-17(10-20)15(8-18)9-19/h3-7,21H,11H2,1-2H3. The number of allylic oxidation sites excluding steroid dienone is 2. The lowest BCUT2D eigenvalue weighted by Gasteiger charge is -2.08. The summed E-state index contributed by atoms with van der Waals surface area (Å²) in [5, 5.41) is 34.0. The predicted octanol–water partition coefficient (Wildman–Crippen LogP) is 2.78. The lowest BCUT2D eigenvalue weighted by atomic mass is 10.2. The fourth-order valence-electron chi connectivity index (χ4n) is 2.18. The van der Waals surface area contributed by atoms with Crippen LogP contribution in [0.5, 0.6) is 0 Å². The SMILES string of the molecule is Cc1cc(C)n(Cc2cccc(NC(C#N)=C(C#N)C#N)c2)n1. The third-order valence-corrected chi connectivity index (χ3v) is 3.22. The Hall–Kier alpha value is -3.56. The van der Waals surface area contributed by atoms with Gasteiger partial charge in [-0.15, -0.1) is 0 Å². The van der Waals surface area contributed by atoms with Crippen LogP contribution >= 0.6 is 0 Å². The van der Waals surface area contributed by atoms with Gasteiger partial charge in [0.1, 0.15) is 23.9 Å². The van der Waals surface area contributed by atoms with E-state index in [1.807, 2.05) is 48.9 Å². The zero-order chi connectivity index (χ0) is 16.8. The van der Waals surface area contributed by atoms with Crippen LogP contribution < -0.4 is 5.32 Å². The molecule has 1 heterocycles. The normalized spacial score (nSPS) is 9.35. The van der Waals surface area contributed by atoms with Crippen molar-refractivity contribution < 1.29 is 0 Å². The quantitative estimate of drug-likeness (QED) is 0.875. The number of rotatable bonds is 4. The van der Waals surface area contributed by atoms with Crippen molar-refractivity contribution in [2.24, 2.45) is 0 Å². The third kappa shape index (κ3) is 3.75. The number of nitriles is 3. The average Bonchev–Trinajstić information content (AvgIpc) is 2.85. The van der Waals surface area contributed by atoms with E-state index in [4.69, 9.17) is 15.8 Å². The van der Waals surface area contributed by atoms with Crippen molar-refractivity contribution in [3.63, 3.8) is 0 Å². The van der Waals surface area contributed by atoms with Crippen molar-refractivity contribution in [3.8, 4) is 18.2 Å². The first kappa shape index (κ1) is 15.8. The van der Waals surface area contributed by atoms with Crippen LogP contribution in [0.4, 0.5) is 5.69 Å². The summed E-state index contributed by atoms with van der Waals surface area (Å²) in [7, 11) is 0. The molecular formula is C17H14N6. The Balaban J connectivity index is 2.26. The Morgan fingerprint density at radius 3 is 2.43 bits per heavy atom. The molecule has 0 saturated carbocycles. The summed E-state index contributed by atoms with van der Waals surface area (Å²) in [6.45, 7) is 4.53. The first-order chi connectivity index (χ1) is 11.1. The number of anilines is 1. The van der Waals surface area contributed by atoms with Gasteiger partial charge in [0.05, 0.1) is 12.2 Å². The number of aryl methyl sites for hydroxylation is 2. The molecule has 6 heteroatoms. The van der Waals surface area contributed by atoms with Gasteiger partial charge in [0.2, 0.25) is 0 Å². The summed E-state index contributed by atoms with van der Waals surface area (Å²) in [4.78, 5) is 0. The molecule has 0 aliphatic rings. The molecular weight excluding hydrogens is 288 g/mol. The van der Waals surface area contributed by atoms with Gasteiger partial charge < -0.3 is 5.32 Å².